The Morgan fingerprint density at radius 2 is 0.607 bits per heavy atom. The molecule has 4 fully saturated rings. The van der Waals surface area contributed by atoms with Gasteiger partial charge in [0.1, 0.15) is 0 Å². The summed E-state index contributed by atoms with van der Waals surface area (Å²) in [5.74, 6) is 4.42. The molecule has 0 aromatic heterocycles. The molecule has 28 heavy (non-hydrogen) atoms. The Morgan fingerprint density at radius 3 is 0.714 bits per heavy atom. The third-order valence-corrected chi connectivity index (χ3v) is 6.17. The summed E-state index contributed by atoms with van der Waals surface area (Å²) in [6.45, 7) is 20.7. The van der Waals surface area contributed by atoms with Gasteiger partial charge in [0.25, 0.3) is 0 Å². The van der Waals surface area contributed by atoms with Gasteiger partial charge in [0.15, 0.2) is 0 Å². The van der Waals surface area contributed by atoms with Crippen molar-refractivity contribution in [1.29, 1.82) is 0 Å². The summed E-state index contributed by atoms with van der Waals surface area (Å²) >= 11 is 0. The molecule has 0 saturated heterocycles. The van der Waals surface area contributed by atoms with Gasteiger partial charge in [-0.15, -0.1) is 0 Å². The van der Waals surface area contributed by atoms with Gasteiger partial charge in [-0.25, -0.2) is 0 Å². The van der Waals surface area contributed by atoms with E-state index in [9.17, 15) is 0 Å². The monoisotopic (exact) mass is 398 g/mol. The lowest BCUT2D eigenvalue weighted by Crippen LogP contribution is -1.99. The van der Waals surface area contributed by atoms with Crippen LogP contribution in [0, 0.1) is 23.7 Å². The quantitative estimate of drug-likeness (QED) is 0.380. The molecule has 4 saturated carbocycles. The number of fused-ring (bicyclic) bond motifs is 2. The van der Waals surface area contributed by atoms with Crippen LogP contribution in [0.5, 0.6) is 0 Å². The zero-order valence-electron chi connectivity index (χ0n) is 22.2. The average Bonchev–Trinajstić information content (AvgIpc) is 3.56. The van der Waals surface area contributed by atoms with Crippen LogP contribution in [-0.2, 0) is 0 Å². The smallest absolute Gasteiger partial charge is 0.0411 e. The van der Waals surface area contributed by atoms with Crippen molar-refractivity contribution in [3.05, 3.63) is 0 Å². The molecule has 0 aliphatic heterocycles. The van der Waals surface area contributed by atoms with Crippen LogP contribution in [0.4, 0.5) is 0 Å². The van der Waals surface area contributed by atoms with Crippen molar-refractivity contribution in [2.75, 3.05) is 0 Å². The average molecular weight is 399 g/mol. The zero-order valence-corrected chi connectivity index (χ0v) is 22.2. The summed E-state index contributed by atoms with van der Waals surface area (Å²) < 4.78 is 0. The molecular formula is C28H62. The number of hydrogen-bond acceptors (Lipinski definition) is 0. The minimum Gasteiger partial charge on any atom is -0.0683 e. The van der Waals surface area contributed by atoms with Gasteiger partial charge >= 0.3 is 0 Å². The molecule has 0 nitrogen and oxygen atoms in total. The Kier molecular flexibility index (Phi) is 31.5. The largest absolute Gasteiger partial charge is 0.0683 e. The molecule has 4 aliphatic rings. The van der Waals surface area contributed by atoms with Gasteiger partial charge in [0, 0.05) is 0 Å². The van der Waals surface area contributed by atoms with Crippen LogP contribution in [0.1, 0.15) is 159 Å². The van der Waals surface area contributed by atoms with Crippen LogP contribution >= 0.6 is 0 Å². The highest BCUT2D eigenvalue weighted by molar-refractivity contribution is 4.82. The second kappa shape index (κ2) is 27.0. The van der Waals surface area contributed by atoms with Gasteiger partial charge in [0.05, 0.1) is 0 Å². The Balaban J connectivity index is -0.000000285. The van der Waals surface area contributed by atoms with Crippen molar-refractivity contribution in [2.45, 2.75) is 159 Å². The van der Waals surface area contributed by atoms with Crippen LogP contribution in [0.25, 0.3) is 0 Å². The molecular weight excluding hydrogens is 336 g/mol. The first-order valence-electron chi connectivity index (χ1n) is 13.7. The molecule has 174 valence electrons. The lowest BCUT2D eigenvalue weighted by atomic mass is 9.91. The molecule has 2 bridgehead atoms. The maximum Gasteiger partial charge on any atom is -0.0411 e. The second-order valence-corrected chi connectivity index (χ2v) is 8.26. The Labute approximate surface area is 183 Å². The van der Waals surface area contributed by atoms with E-state index < -0.39 is 0 Å². The van der Waals surface area contributed by atoms with Gasteiger partial charge in [-0.3, -0.25) is 0 Å². The summed E-state index contributed by atoms with van der Waals surface area (Å²) in [5.41, 5.74) is 0. The highest BCUT2D eigenvalue weighted by atomic mass is 14.4. The number of hydrogen-bond donors (Lipinski definition) is 0. The Bertz CT molecular complexity index is 214. The maximum absolute atomic E-state index is 2.36. The fourth-order valence-corrected chi connectivity index (χ4v) is 4.61. The van der Waals surface area contributed by atoms with E-state index in [0.29, 0.717) is 0 Å². The van der Waals surface area contributed by atoms with E-state index in [-0.39, 0.29) is 0 Å². The van der Waals surface area contributed by atoms with E-state index in [0.717, 1.165) is 11.8 Å². The third kappa shape index (κ3) is 19.3. The van der Waals surface area contributed by atoms with Gasteiger partial charge in [-0.1, -0.05) is 153 Å². The van der Waals surface area contributed by atoms with Crippen LogP contribution in [0.2, 0.25) is 0 Å². The van der Waals surface area contributed by atoms with E-state index in [4.69, 9.17) is 0 Å². The van der Waals surface area contributed by atoms with Crippen LogP contribution in [-0.4, -0.2) is 0 Å². The summed E-state index contributed by atoms with van der Waals surface area (Å²) in [5, 5.41) is 0. The lowest BCUT2D eigenvalue weighted by molar-refractivity contribution is 0.385. The molecule has 0 atom stereocenters. The van der Waals surface area contributed by atoms with Gasteiger partial charge in [-0.2, -0.15) is 0 Å². The van der Waals surface area contributed by atoms with E-state index in [2.05, 4.69) is 13.8 Å². The van der Waals surface area contributed by atoms with Crippen molar-refractivity contribution in [1.82, 2.24) is 0 Å². The predicted octanol–water partition coefficient (Wildman–Crippen LogP) is 11.1. The molecule has 0 heteroatoms. The van der Waals surface area contributed by atoms with Gasteiger partial charge in [0.2, 0.25) is 0 Å². The first kappa shape index (κ1) is 32.7. The fraction of sp³-hybridized carbons (Fsp3) is 1.00. The molecule has 4 aliphatic carbocycles. The van der Waals surface area contributed by atoms with Crippen molar-refractivity contribution >= 4 is 0 Å². The first-order chi connectivity index (χ1) is 13.7. The van der Waals surface area contributed by atoms with Gasteiger partial charge < -0.3 is 0 Å². The minimum absolute atomic E-state index is 1.04. The standard InChI is InChI=1S/C7H12.C7H14.C6H12.4C2H6/c1-2-7-4-3-6(1)5-7;1-7-5-3-2-4-6-7;1-6-4-2-3-5-6;4*1-2/h6-7H,1-5H2;7H,2-6H2,1H3;6H,2-5H2,1H3;4*1-2H3. The predicted molar refractivity (Wildman–Crippen MR) is 135 cm³/mol. The van der Waals surface area contributed by atoms with E-state index in [1.54, 1.807) is 32.1 Å². The van der Waals surface area contributed by atoms with E-state index in [1.165, 1.54) is 69.6 Å². The first-order valence-corrected chi connectivity index (χ1v) is 13.7. The van der Waals surface area contributed by atoms with Crippen LogP contribution in [0.15, 0.2) is 0 Å². The summed E-state index contributed by atoms with van der Waals surface area (Å²) in [7, 11) is 0. The molecule has 0 radical (unpaired) electrons. The SMILES string of the molecule is C1CC2CCC1C2.CC.CC.CC.CC.CC1CCCC1.CC1CCCCC1. The minimum atomic E-state index is 1.04. The molecule has 0 N–H and O–H groups in total. The van der Waals surface area contributed by atoms with Crippen molar-refractivity contribution in [3.63, 3.8) is 0 Å². The summed E-state index contributed by atoms with van der Waals surface area (Å²) in [4.78, 5) is 0. The highest BCUT2D eigenvalue weighted by Crippen LogP contribution is 2.43. The second-order valence-electron chi connectivity index (χ2n) is 8.26. The van der Waals surface area contributed by atoms with Crippen LogP contribution < -0.4 is 0 Å². The van der Waals surface area contributed by atoms with Crippen LogP contribution in [0.3, 0.4) is 0 Å². The maximum atomic E-state index is 2.36. The lowest BCUT2D eigenvalue weighted by Gasteiger charge is -2.15. The zero-order chi connectivity index (χ0) is 22.2. The topological polar surface area (TPSA) is 0 Å². The third-order valence-electron chi connectivity index (χ3n) is 6.17. The van der Waals surface area contributed by atoms with Crippen molar-refractivity contribution in [3.8, 4) is 0 Å². The molecule has 4 rings (SSSR count). The summed E-state index contributed by atoms with van der Waals surface area (Å²) in [6.07, 6.45) is 21.2. The fourth-order valence-electron chi connectivity index (χ4n) is 4.61. The Morgan fingerprint density at radius 1 is 0.357 bits per heavy atom. The molecule has 0 unspecified atom stereocenters. The van der Waals surface area contributed by atoms with Crippen molar-refractivity contribution in [2.24, 2.45) is 23.7 Å². The normalized spacial score (nSPS) is 24.6. The number of rotatable bonds is 0. The summed E-state index contributed by atoms with van der Waals surface area (Å²) in [6, 6.07) is 0. The van der Waals surface area contributed by atoms with E-state index >= 15 is 0 Å². The van der Waals surface area contributed by atoms with E-state index in [1.807, 2.05) is 55.4 Å². The molecule has 0 aromatic carbocycles. The highest BCUT2D eigenvalue weighted by Gasteiger charge is 2.30. The molecule has 0 spiro atoms. The van der Waals surface area contributed by atoms with Gasteiger partial charge in [-0.05, 0) is 30.1 Å². The molecule has 0 heterocycles. The van der Waals surface area contributed by atoms with Crippen molar-refractivity contribution < 1.29 is 0 Å². The molecule has 0 aromatic rings. The Hall–Kier alpha value is 0. The molecule has 0 amide bonds.